The van der Waals surface area contributed by atoms with Crippen LogP contribution in [0.2, 0.25) is 0 Å². The van der Waals surface area contributed by atoms with E-state index in [0.29, 0.717) is 33.7 Å². The van der Waals surface area contributed by atoms with E-state index in [4.69, 9.17) is 4.74 Å². The number of carbonyl (C=O) groups is 2. The zero-order valence-corrected chi connectivity index (χ0v) is 22.3. The average molecular weight is 541 g/mol. The molecule has 0 aliphatic carbocycles. The first-order chi connectivity index (χ1) is 19.7. The van der Waals surface area contributed by atoms with Crippen molar-refractivity contribution in [3.63, 3.8) is 0 Å². The van der Waals surface area contributed by atoms with E-state index >= 15 is 0 Å². The van der Waals surface area contributed by atoms with Crippen LogP contribution in [0.15, 0.2) is 137 Å². The minimum Gasteiger partial charge on any atom is -0.488 e. The number of hydrogen-bond acceptors (Lipinski definition) is 4. The summed E-state index contributed by atoms with van der Waals surface area (Å²) < 4.78 is 6.27. The minimum atomic E-state index is -0.407. The Hall–Kier alpha value is -4.94. The van der Waals surface area contributed by atoms with Crippen LogP contribution in [0, 0.1) is 0 Å². The molecule has 194 valence electrons. The van der Waals surface area contributed by atoms with E-state index in [-0.39, 0.29) is 5.91 Å². The van der Waals surface area contributed by atoms with Crippen LogP contribution >= 0.6 is 11.8 Å². The fraction of sp³-hybridized carbons (Fsp3) is 0.0294. The lowest BCUT2D eigenvalue weighted by Crippen LogP contribution is -2.29. The van der Waals surface area contributed by atoms with Crippen molar-refractivity contribution in [1.82, 2.24) is 0 Å². The Morgan fingerprint density at radius 3 is 2.17 bits per heavy atom. The molecule has 1 fully saturated rings. The number of amides is 2. The summed E-state index contributed by atoms with van der Waals surface area (Å²) in [6.07, 6.45) is 1.85. The van der Waals surface area contributed by atoms with Crippen LogP contribution in [-0.2, 0) is 11.4 Å². The summed E-state index contributed by atoms with van der Waals surface area (Å²) >= 11 is 1.18. The Bertz CT molecular complexity index is 1750. The Morgan fingerprint density at radius 1 is 0.775 bits per heavy atom. The molecule has 0 radical (unpaired) electrons. The molecule has 0 spiro atoms. The van der Waals surface area contributed by atoms with Gasteiger partial charge < -0.3 is 4.74 Å². The topological polar surface area (TPSA) is 59.0 Å². The van der Waals surface area contributed by atoms with E-state index in [1.165, 1.54) is 16.7 Å². The molecule has 0 aromatic heterocycles. The molecular weight excluding hydrogens is 516 g/mol. The molecule has 1 heterocycles. The van der Waals surface area contributed by atoms with Crippen LogP contribution in [0.4, 0.5) is 5.69 Å². The summed E-state index contributed by atoms with van der Waals surface area (Å²) in [7, 11) is 0. The van der Waals surface area contributed by atoms with Crippen molar-refractivity contribution in [2.24, 2.45) is 4.99 Å². The molecule has 5 aromatic carbocycles. The van der Waals surface area contributed by atoms with Gasteiger partial charge in [0.05, 0.1) is 10.6 Å². The van der Waals surface area contributed by atoms with Crippen molar-refractivity contribution >= 4 is 51.3 Å². The highest BCUT2D eigenvalue weighted by Crippen LogP contribution is 2.39. The quantitative estimate of drug-likeness (QED) is 0.207. The van der Waals surface area contributed by atoms with Crippen LogP contribution in [-0.4, -0.2) is 17.0 Å². The van der Waals surface area contributed by atoms with E-state index in [1.54, 1.807) is 24.3 Å². The monoisotopic (exact) mass is 540 g/mol. The Kier molecular flexibility index (Phi) is 7.24. The van der Waals surface area contributed by atoms with Gasteiger partial charge in [-0.2, -0.15) is 4.99 Å². The third-order valence-corrected chi connectivity index (χ3v) is 7.45. The van der Waals surface area contributed by atoms with Gasteiger partial charge in [-0.3, -0.25) is 14.5 Å². The SMILES string of the molecule is O=C(N=C1S/C(=C/c2c(OCc3ccccc3)ccc3ccccc23)C(=O)N1c1ccccc1)c1ccccc1. The van der Waals surface area contributed by atoms with Gasteiger partial charge >= 0.3 is 0 Å². The molecule has 0 N–H and O–H groups in total. The Balaban J connectivity index is 1.43. The second-order valence-electron chi connectivity index (χ2n) is 9.13. The van der Waals surface area contributed by atoms with Crippen LogP contribution in [0.3, 0.4) is 0 Å². The molecule has 0 atom stereocenters. The molecule has 6 rings (SSSR count). The summed E-state index contributed by atoms with van der Waals surface area (Å²) in [5, 5.41) is 2.30. The zero-order valence-electron chi connectivity index (χ0n) is 21.4. The Labute approximate surface area is 236 Å². The van der Waals surface area contributed by atoms with Crippen molar-refractivity contribution in [2.45, 2.75) is 6.61 Å². The summed E-state index contributed by atoms with van der Waals surface area (Å²) in [4.78, 5) is 33.2. The number of carbonyl (C=O) groups excluding carboxylic acids is 2. The number of fused-ring (bicyclic) bond motifs is 1. The maximum atomic E-state index is 13.9. The number of anilines is 1. The molecule has 5 nitrogen and oxygen atoms in total. The van der Waals surface area contributed by atoms with E-state index in [9.17, 15) is 9.59 Å². The van der Waals surface area contributed by atoms with Gasteiger partial charge in [0.25, 0.3) is 11.8 Å². The molecular formula is C34H24N2O3S. The van der Waals surface area contributed by atoms with Gasteiger partial charge in [0.15, 0.2) is 5.17 Å². The number of thioether (sulfide) groups is 1. The van der Waals surface area contributed by atoms with Crippen LogP contribution in [0.5, 0.6) is 5.75 Å². The van der Waals surface area contributed by atoms with Gasteiger partial charge in [0, 0.05) is 11.1 Å². The zero-order chi connectivity index (χ0) is 27.3. The van der Waals surface area contributed by atoms with Gasteiger partial charge in [-0.25, -0.2) is 0 Å². The Morgan fingerprint density at radius 2 is 1.43 bits per heavy atom. The van der Waals surface area contributed by atoms with Crippen molar-refractivity contribution in [3.8, 4) is 5.75 Å². The highest BCUT2D eigenvalue weighted by atomic mass is 32.2. The molecule has 5 aromatic rings. The first-order valence-corrected chi connectivity index (χ1v) is 13.6. The molecule has 1 aliphatic heterocycles. The lowest BCUT2D eigenvalue weighted by molar-refractivity contribution is -0.113. The summed E-state index contributed by atoms with van der Waals surface area (Å²) in [6.45, 7) is 0.394. The molecule has 2 amide bonds. The van der Waals surface area contributed by atoms with Crippen LogP contribution in [0.1, 0.15) is 21.5 Å². The predicted molar refractivity (Wildman–Crippen MR) is 162 cm³/mol. The number of aliphatic imine (C=N–C) groups is 1. The highest BCUT2D eigenvalue weighted by Gasteiger charge is 2.35. The number of hydrogen-bond donors (Lipinski definition) is 0. The largest absolute Gasteiger partial charge is 0.488 e. The third-order valence-electron chi connectivity index (χ3n) is 6.48. The van der Waals surface area contributed by atoms with Gasteiger partial charge in [-0.05, 0) is 64.5 Å². The number of rotatable bonds is 6. The van der Waals surface area contributed by atoms with E-state index < -0.39 is 5.91 Å². The van der Waals surface area contributed by atoms with E-state index in [2.05, 4.69) is 4.99 Å². The fourth-order valence-corrected chi connectivity index (χ4v) is 5.46. The first kappa shape index (κ1) is 25.3. The minimum absolute atomic E-state index is 0.252. The number of benzene rings is 5. The molecule has 40 heavy (non-hydrogen) atoms. The smallest absolute Gasteiger partial charge is 0.279 e. The molecule has 1 saturated heterocycles. The van der Waals surface area contributed by atoms with Crippen LogP contribution < -0.4 is 9.64 Å². The lowest BCUT2D eigenvalue weighted by Gasteiger charge is -2.15. The number of nitrogens with zero attached hydrogens (tertiary/aromatic N) is 2. The highest BCUT2D eigenvalue weighted by molar-refractivity contribution is 8.19. The van der Waals surface area contributed by atoms with Crippen LogP contribution in [0.25, 0.3) is 16.8 Å². The molecule has 0 bridgehead atoms. The third kappa shape index (κ3) is 5.30. The predicted octanol–water partition coefficient (Wildman–Crippen LogP) is 7.74. The standard InChI is InChI=1S/C34H24N2O3S/c37-32(26-15-6-2-7-16-26)35-34-36(27-17-8-3-9-18-27)33(38)31(40-34)22-29-28-19-11-10-14-25(28)20-21-30(29)39-23-24-12-4-1-5-13-24/h1-22H,23H2/b31-22+,35-34?. The molecule has 6 heteroatoms. The van der Waals surface area contributed by atoms with Gasteiger partial charge in [0.2, 0.25) is 0 Å². The number of para-hydroxylation sites is 1. The van der Waals surface area contributed by atoms with Gasteiger partial charge in [-0.1, -0.05) is 97.1 Å². The molecule has 0 saturated carbocycles. The second kappa shape index (κ2) is 11.4. The normalized spacial score (nSPS) is 15.2. The fourth-order valence-electron chi connectivity index (χ4n) is 4.50. The second-order valence-corrected chi connectivity index (χ2v) is 10.1. The first-order valence-electron chi connectivity index (χ1n) is 12.8. The summed E-state index contributed by atoms with van der Waals surface area (Å²) in [5.41, 5.74) is 2.94. The number of amidine groups is 1. The van der Waals surface area contributed by atoms with Crippen molar-refractivity contribution in [3.05, 3.63) is 149 Å². The van der Waals surface area contributed by atoms with Crippen molar-refractivity contribution < 1.29 is 14.3 Å². The van der Waals surface area contributed by atoms with Gasteiger partial charge in [-0.15, -0.1) is 0 Å². The number of ether oxygens (including phenoxy) is 1. The van der Waals surface area contributed by atoms with E-state index in [1.807, 2.05) is 109 Å². The molecule has 1 aliphatic rings. The van der Waals surface area contributed by atoms with Gasteiger partial charge in [0.1, 0.15) is 12.4 Å². The lowest BCUT2D eigenvalue weighted by atomic mass is 10.0. The summed E-state index contributed by atoms with van der Waals surface area (Å²) in [6, 6.07) is 40.0. The molecule has 0 unspecified atom stereocenters. The maximum Gasteiger partial charge on any atom is 0.279 e. The van der Waals surface area contributed by atoms with E-state index in [0.717, 1.165) is 21.9 Å². The van der Waals surface area contributed by atoms with Crippen molar-refractivity contribution in [2.75, 3.05) is 4.90 Å². The van der Waals surface area contributed by atoms with Crippen molar-refractivity contribution in [1.29, 1.82) is 0 Å². The average Bonchev–Trinajstić information content (AvgIpc) is 3.31. The maximum absolute atomic E-state index is 13.9. The summed E-state index contributed by atoms with van der Waals surface area (Å²) in [5.74, 6) is 0.00773.